The van der Waals surface area contributed by atoms with Gasteiger partial charge in [-0.05, 0) is 24.6 Å². The molecule has 19 heavy (non-hydrogen) atoms. The molecule has 2 heterocycles. The molecule has 3 rings (SSSR count). The van der Waals surface area contributed by atoms with Crippen molar-refractivity contribution >= 4 is 0 Å². The van der Waals surface area contributed by atoms with Crippen LogP contribution in [0, 0.1) is 6.92 Å². The SMILES string of the molecule is Cc1ccc(-c2ccc(-c3cncnc3)cc2)nn1. The first kappa shape index (κ1) is 11.5. The van der Waals surface area contributed by atoms with Crippen molar-refractivity contribution in [1.29, 1.82) is 0 Å². The van der Waals surface area contributed by atoms with Crippen molar-refractivity contribution < 1.29 is 0 Å². The molecule has 4 heteroatoms. The molecule has 2 aromatic heterocycles. The average molecular weight is 248 g/mol. The fourth-order valence-corrected chi connectivity index (χ4v) is 1.83. The van der Waals surface area contributed by atoms with Crippen molar-refractivity contribution in [2.45, 2.75) is 6.92 Å². The maximum Gasteiger partial charge on any atom is 0.115 e. The molecule has 0 saturated heterocycles. The van der Waals surface area contributed by atoms with E-state index in [1.54, 1.807) is 12.4 Å². The van der Waals surface area contributed by atoms with Gasteiger partial charge in [-0.1, -0.05) is 24.3 Å². The van der Waals surface area contributed by atoms with Crippen LogP contribution in [0.2, 0.25) is 0 Å². The summed E-state index contributed by atoms with van der Waals surface area (Å²) >= 11 is 0. The summed E-state index contributed by atoms with van der Waals surface area (Å²) in [4.78, 5) is 8.04. The molecule has 0 aliphatic heterocycles. The van der Waals surface area contributed by atoms with Gasteiger partial charge in [-0.3, -0.25) is 0 Å². The molecule has 0 atom stereocenters. The van der Waals surface area contributed by atoms with Gasteiger partial charge in [-0.15, -0.1) is 0 Å². The summed E-state index contributed by atoms with van der Waals surface area (Å²) in [5, 5.41) is 8.24. The van der Waals surface area contributed by atoms with E-state index in [4.69, 9.17) is 0 Å². The molecule has 0 bridgehead atoms. The molecule has 0 radical (unpaired) electrons. The van der Waals surface area contributed by atoms with E-state index in [9.17, 15) is 0 Å². The van der Waals surface area contributed by atoms with Crippen molar-refractivity contribution in [3.63, 3.8) is 0 Å². The second-order valence-corrected chi connectivity index (χ2v) is 4.26. The number of rotatable bonds is 2. The highest BCUT2D eigenvalue weighted by molar-refractivity contribution is 5.67. The van der Waals surface area contributed by atoms with E-state index in [0.717, 1.165) is 28.1 Å². The Balaban J connectivity index is 1.93. The molecular formula is C15H12N4. The van der Waals surface area contributed by atoms with E-state index in [2.05, 4.69) is 20.2 Å². The fraction of sp³-hybridized carbons (Fsp3) is 0.0667. The van der Waals surface area contributed by atoms with Crippen LogP contribution in [0.25, 0.3) is 22.4 Å². The van der Waals surface area contributed by atoms with E-state index in [0.29, 0.717) is 0 Å². The number of hydrogen-bond donors (Lipinski definition) is 0. The summed E-state index contributed by atoms with van der Waals surface area (Å²) < 4.78 is 0. The number of nitrogens with zero attached hydrogens (tertiary/aromatic N) is 4. The molecule has 0 aliphatic carbocycles. The van der Waals surface area contributed by atoms with Gasteiger partial charge in [0.15, 0.2) is 0 Å². The lowest BCUT2D eigenvalue weighted by atomic mass is 10.1. The van der Waals surface area contributed by atoms with Crippen LogP contribution < -0.4 is 0 Å². The summed E-state index contributed by atoms with van der Waals surface area (Å²) in [5.74, 6) is 0. The van der Waals surface area contributed by atoms with Gasteiger partial charge >= 0.3 is 0 Å². The lowest BCUT2D eigenvalue weighted by Crippen LogP contribution is -1.89. The molecule has 0 amide bonds. The molecule has 0 unspecified atom stereocenters. The molecule has 4 nitrogen and oxygen atoms in total. The first-order valence-electron chi connectivity index (χ1n) is 5.99. The standard InChI is InChI=1S/C15H12N4/c1-11-2-7-15(19-18-11)13-5-3-12(4-6-13)14-8-16-10-17-9-14/h2-10H,1H3. The second kappa shape index (κ2) is 4.94. The van der Waals surface area contributed by atoms with Crippen molar-refractivity contribution in [2.24, 2.45) is 0 Å². The topological polar surface area (TPSA) is 51.6 Å². The zero-order chi connectivity index (χ0) is 13.1. The van der Waals surface area contributed by atoms with E-state index in [-0.39, 0.29) is 0 Å². The van der Waals surface area contributed by atoms with Gasteiger partial charge in [-0.25, -0.2) is 9.97 Å². The summed E-state index contributed by atoms with van der Waals surface area (Å²) in [6, 6.07) is 12.1. The quantitative estimate of drug-likeness (QED) is 0.699. The minimum atomic E-state index is 0.876. The predicted molar refractivity (Wildman–Crippen MR) is 73.2 cm³/mol. The van der Waals surface area contributed by atoms with Crippen LogP contribution >= 0.6 is 0 Å². The van der Waals surface area contributed by atoms with E-state index in [1.807, 2.05) is 43.3 Å². The van der Waals surface area contributed by atoms with Gasteiger partial charge in [0, 0.05) is 23.5 Å². The molecule has 0 fully saturated rings. The number of benzene rings is 1. The average Bonchev–Trinajstić information content (AvgIpc) is 2.49. The predicted octanol–water partition coefficient (Wildman–Crippen LogP) is 2.91. The number of aromatic nitrogens is 4. The fourth-order valence-electron chi connectivity index (χ4n) is 1.83. The van der Waals surface area contributed by atoms with Crippen LogP contribution in [0.4, 0.5) is 0 Å². The van der Waals surface area contributed by atoms with Gasteiger partial charge in [0.25, 0.3) is 0 Å². The summed E-state index contributed by atoms with van der Waals surface area (Å²) in [7, 11) is 0. The van der Waals surface area contributed by atoms with Crippen molar-refractivity contribution in [2.75, 3.05) is 0 Å². The second-order valence-electron chi connectivity index (χ2n) is 4.26. The summed E-state index contributed by atoms with van der Waals surface area (Å²) in [5.41, 5.74) is 4.94. The Morgan fingerprint density at radius 3 is 2.00 bits per heavy atom. The molecule has 3 aromatic rings. The van der Waals surface area contributed by atoms with Gasteiger partial charge in [-0.2, -0.15) is 10.2 Å². The normalized spacial score (nSPS) is 10.4. The highest BCUT2D eigenvalue weighted by Gasteiger charge is 2.02. The zero-order valence-electron chi connectivity index (χ0n) is 10.5. The minimum Gasteiger partial charge on any atom is -0.244 e. The summed E-state index contributed by atoms with van der Waals surface area (Å²) in [6.45, 7) is 1.93. The molecule has 0 spiro atoms. The van der Waals surface area contributed by atoms with Gasteiger partial charge in [0.2, 0.25) is 0 Å². The first-order valence-corrected chi connectivity index (χ1v) is 5.99. The van der Waals surface area contributed by atoms with Crippen LogP contribution in [0.5, 0.6) is 0 Å². The third-order valence-corrected chi connectivity index (χ3v) is 2.87. The third-order valence-electron chi connectivity index (χ3n) is 2.87. The summed E-state index contributed by atoms with van der Waals surface area (Å²) in [6.07, 6.45) is 5.13. The molecular weight excluding hydrogens is 236 g/mol. The van der Waals surface area contributed by atoms with Crippen LogP contribution in [-0.2, 0) is 0 Å². The Morgan fingerprint density at radius 2 is 1.37 bits per heavy atom. The Hall–Kier alpha value is -2.62. The van der Waals surface area contributed by atoms with E-state index < -0.39 is 0 Å². The maximum atomic E-state index is 4.18. The zero-order valence-corrected chi connectivity index (χ0v) is 10.5. The molecule has 0 N–H and O–H groups in total. The maximum absolute atomic E-state index is 4.18. The van der Waals surface area contributed by atoms with Crippen molar-refractivity contribution in [1.82, 2.24) is 20.2 Å². The van der Waals surface area contributed by atoms with Crippen molar-refractivity contribution in [3.05, 3.63) is 60.8 Å². The number of aryl methyl sites for hydroxylation is 1. The van der Waals surface area contributed by atoms with E-state index in [1.165, 1.54) is 6.33 Å². The highest BCUT2D eigenvalue weighted by Crippen LogP contribution is 2.22. The Morgan fingerprint density at radius 1 is 0.684 bits per heavy atom. The lowest BCUT2D eigenvalue weighted by molar-refractivity contribution is 0.987. The molecule has 0 aliphatic rings. The number of hydrogen-bond acceptors (Lipinski definition) is 4. The minimum absolute atomic E-state index is 0.876. The van der Waals surface area contributed by atoms with Crippen LogP contribution in [0.1, 0.15) is 5.69 Å². The largest absolute Gasteiger partial charge is 0.244 e. The monoisotopic (exact) mass is 248 g/mol. The molecule has 92 valence electrons. The first-order chi connectivity index (χ1) is 9.33. The Bertz CT molecular complexity index is 661. The third kappa shape index (κ3) is 2.47. The van der Waals surface area contributed by atoms with Crippen LogP contribution in [0.15, 0.2) is 55.1 Å². The lowest BCUT2D eigenvalue weighted by Gasteiger charge is -2.03. The van der Waals surface area contributed by atoms with Gasteiger partial charge < -0.3 is 0 Å². The highest BCUT2D eigenvalue weighted by atomic mass is 15.1. The van der Waals surface area contributed by atoms with Crippen molar-refractivity contribution in [3.8, 4) is 22.4 Å². The van der Waals surface area contributed by atoms with Gasteiger partial charge in [0.1, 0.15) is 6.33 Å². The van der Waals surface area contributed by atoms with Gasteiger partial charge in [0.05, 0.1) is 11.4 Å². The Kier molecular flexibility index (Phi) is 2.98. The molecule has 0 saturated carbocycles. The molecule has 1 aromatic carbocycles. The van der Waals surface area contributed by atoms with E-state index >= 15 is 0 Å². The van der Waals surface area contributed by atoms with Crippen LogP contribution in [0.3, 0.4) is 0 Å². The smallest absolute Gasteiger partial charge is 0.115 e. The van der Waals surface area contributed by atoms with Crippen LogP contribution in [-0.4, -0.2) is 20.2 Å². The Labute approximate surface area is 111 Å².